The fraction of sp³-hybridized carbons (Fsp3) is 0. The molecule has 0 aliphatic heterocycles. The lowest BCUT2D eigenvalue weighted by Gasteiger charge is -2.06. The molecular formula is C12H10FN3O4S. The van der Waals surface area contributed by atoms with E-state index in [9.17, 15) is 17.6 Å². The van der Waals surface area contributed by atoms with E-state index < -0.39 is 21.7 Å². The Morgan fingerprint density at radius 3 is 2.43 bits per heavy atom. The van der Waals surface area contributed by atoms with Gasteiger partial charge in [-0.2, -0.15) is 0 Å². The summed E-state index contributed by atoms with van der Waals surface area (Å²) in [6, 6.07) is 5.94. The fourth-order valence-electron chi connectivity index (χ4n) is 1.48. The van der Waals surface area contributed by atoms with Gasteiger partial charge in [0.2, 0.25) is 15.9 Å². The number of hydrogen-bond donors (Lipinski definition) is 2. The zero-order chi connectivity index (χ0) is 15.6. The highest BCUT2D eigenvalue weighted by atomic mass is 32.2. The molecule has 0 aliphatic carbocycles. The van der Waals surface area contributed by atoms with Gasteiger partial charge in [-0.25, -0.2) is 22.9 Å². The van der Waals surface area contributed by atoms with Gasteiger partial charge in [-0.1, -0.05) is 0 Å². The molecule has 21 heavy (non-hydrogen) atoms. The Hall–Kier alpha value is -2.52. The number of carbonyl (C=O) groups is 1. The van der Waals surface area contributed by atoms with Crippen molar-refractivity contribution < 1.29 is 22.3 Å². The normalized spacial score (nSPS) is 11.1. The molecule has 0 radical (unpaired) electrons. The number of aromatic nitrogens is 1. The van der Waals surface area contributed by atoms with Crippen LogP contribution in [0, 0.1) is 5.82 Å². The summed E-state index contributed by atoms with van der Waals surface area (Å²) in [5.41, 5.74) is 4.71. The van der Waals surface area contributed by atoms with Crippen molar-refractivity contribution in [3.63, 3.8) is 0 Å². The molecule has 4 N–H and O–H groups in total. The summed E-state index contributed by atoms with van der Waals surface area (Å²) in [7, 11) is -3.84. The highest BCUT2D eigenvalue weighted by Gasteiger charge is 2.11. The minimum Gasteiger partial charge on any atom is -0.439 e. The van der Waals surface area contributed by atoms with E-state index in [1.165, 1.54) is 24.3 Å². The molecule has 0 fully saturated rings. The number of nitrogens with zero attached hydrogens (tertiary/aromatic N) is 1. The predicted molar refractivity (Wildman–Crippen MR) is 70.6 cm³/mol. The number of carbonyl (C=O) groups excluding carboxylic acids is 1. The number of benzene rings is 1. The molecule has 2 aromatic rings. The first-order valence-electron chi connectivity index (χ1n) is 5.53. The van der Waals surface area contributed by atoms with Gasteiger partial charge < -0.3 is 10.5 Å². The van der Waals surface area contributed by atoms with Crippen LogP contribution in [0.5, 0.6) is 11.6 Å². The third kappa shape index (κ3) is 3.52. The third-order valence-electron chi connectivity index (χ3n) is 2.47. The van der Waals surface area contributed by atoms with Crippen LogP contribution in [0.2, 0.25) is 0 Å². The number of nitrogens with two attached hydrogens (primary N) is 2. The Morgan fingerprint density at radius 1 is 1.24 bits per heavy atom. The van der Waals surface area contributed by atoms with Crippen LogP contribution in [0.15, 0.2) is 41.4 Å². The van der Waals surface area contributed by atoms with E-state index >= 15 is 0 Å². The van der Waals surface area contributed by atoms with Gasteiger partial charge in [0.15, 0.2) is 0 Å². The van der Waals surface area contributed by atoms with Crippen LogP contribution in [-0.4, -0.2) is 19.3 Å². The second-order valence-electron chi connectivity index (χ2n) is 3.99. The van der Waals surface area contributed by atoms with E-state index in [2.05, 4.69) is 4.98 Å². The van der Waals surface area contributed by atoms with Crippen molar-refractivity contribution in [1.82, 2.24) is 4.98 Å². The maximum atomic E-state index is 13.5. The molecule has 1 aromatic carbocycles. The van der Waals surface area contributed by atoms with Gasteiger partial charge in [-0.15, -0.1) is 0 Å². The summed E-state index contributed by atoms with van der Waals surface area (Å²) in [5.74, 6) is -1.61. The topological polar surface area (TPSA) is 125 Å². The van der Waals surface area contributed by atoms with Crippen molar-refractivity contribution in [2.45, 2.75) is 4.90 Å². The highest BCUT2D eigenvalue weighted by Crippen LogP contribution is 2.22. The summed E-state index contributed by atoms with van der Waals surface area (Å²) >= 11 is 0. The number of sulfonamides is 1. The number of pyridine rings is 1. The lowest BCUT2D eigenvalue weighted by Crippen LogP contribution is -2.13. The van der Waals surface area contributed by atoms with E-state index in [0.717, 1.165) is 12.3 Å². The maximum Gasteiger partial charge on any atom is 0.251 e. The van der Waals surface area contributed by atoms with Crippen LogP contribution in [0.25, 0.3) is 0 Å². The van der Waals surface area contributed by atoms with E-state index in [0.29, 0.717) is 0 Å². The SMILES string of the molecule is NC(=O)c1ccc(Oc2ccc(S(N)(=O)=O)cn2)cc1F. The molecule has 0 aliphatic rings. The summed E-state index contributed by atoms with van der Waals surface area (Å²) < 4.78 is 40.9. The molecule has 1 amide bonds. The number of primary amides is 1. The minimum atomic E-state index is -3.84. The average Bonchev–Trinajstić information content (AvgIpc) is 2.38. The van der Waals surface area contributed by atoms with Gasteiger partial charge in [-0.3, -0.25) is 4.79 Å². The van der Waals surface area contributed by atoms with Crippen molar-refractivity contribution in [2.24, 2.45) is 10.9 Å². The fourth-order valence-corrected chi connectivity index (χ4v) is 1.93. The molecular weight excluding hydrogens is 301 g/mol. The smallest absolute Gasteiger partial charge is 0.251 e. The maximum absolute atomic E-state index is 13.5. The second-order valence-corrected chi connectivity index (χ2v) is 5.55. The lowest BCUT2D eigenvalue weighted by molar-refractivity contribution is 0.0996. The van der Waals surface area contributed by atoms with Gasteiger partial charge in [0, 0.05) is 12.1 Å². The molecule has 7 nitrogen and oxygen atoms in total. The monoisotopic (exact) mass is 311 g/mol. The summed E-state index contributed by atoms with van der Waals surface area (Å²) in [6.07, 6.45) is 1.01. The first-order chi connectivity index (χ1) is 9.77. The molecule has 0 saturated heterocycles. The number of hydrogen-bond acceptors (Lipinski definition) is 5. The Bertz CT molecular complexity index is 791. The van der Waals surface area contributed by atoms with Crippen molar-refractivity contribution in [3.8, 4) is 11.6 Å². The van der Waals surface area contributed by atoms with E-state index in [4.69, 9.17) is 15.6 Å². The zero-order valence-electron chi connectivity index (χ0n) is 10.5. The molecule has 0 atom stereocenters. The number of amides is 1. The molecule has 0 saturated carbocycles. The van der Waals surface area contributed by atoms with Gasteiger partial charge in [0.25, 0.3) is 5.91 Å². The highest BCUT2D eigenvalue weighted by molar-refractivity contribution is 7.89. The van der Waals surface area contributed by atoms with Crippen LogP contribution < -0.4 is 15.6 Å². The summed E-state index contributed by atoms with van der Waals surface area (Å²) in [5, 5.41) is 4.92. The summed E-state index contributed by atoms with van der Waals surface area (Å²) in [4.78, 5) is 14.4. The zero-order valence-corrected chi connectivity index (χ0v) is 11.3. The first-order valence-corrected chi connectivity index (χ1v) is 7.08. The third-order valence-corrected chi connectivity index (χ3v) is 3.36. The Labute approximate surface area is 119 Å². The van der Waals surface area contributed by atoms with Crippen molar-refractivity contribution in [1.29, 1.82) is 0 Å². The van der Waals surface area contributed by atoms with Gasteiger partial charge in [0.05, 0.1) is 11.8 Å². The van der Waals surface area contributed by atoms with E-state index in [-0.39, 0.29) is 22.1 Å². The van der Waals surface area contributed by atoms with Gasteiger partial charge in [-0.05, 0) is 18.2 Å². The molecule has 1 heterocycles. The van der Waals surface area contributed by atoms with Gasteiger partial charge >= 0.3 is 0 Å². The number of ether oxygens (including phenoxy) is 1. The minimum absolute atomic E-state index is 0.0358. The van der Waals surface area contributed by atoms with Crippen LogP contribution >= 0.6 is 0 Å². The van der Waals surface area contributed by atoms with Crippen molar-refractivity contribution >= 4 is 15.9 Å². The van der Waals surface area contributed by atoms with Crippen LogP contribution in [-0.2, 0) is 10.0 Å². The number of rotatable bonds is 4. The van der Waals surface area contributed by atoms with Crippen LogP contribution in [0.3, 0.4) is 0 Å². The lowest BCUT2D eigenvalue weighted by atomic mass is 10.2. The first kappa shape index (κ1) is 14.9. The number of primary sulfonamides is 1. The predicted octanol–water partition coefficient (Wildman–Crippen LogP) is 0.759. The van der Waals surface area contributed by atoms with E-state index in [1.54, 1.807) is 0 Å². The van der Waals surface area contributed by atoms with Gasteiger partial charge in [0.1, 0.15) is 16.5 Å². The Morgan fingerprint density at radius 2 is 1.95 bits per heavy atom. The molecule has 0 bridgehead atoms. The van der Waals surface area contributed by atoms with Crippen LogP contribution in [0.4, 0.5) is 4.39 Å². The molecule has 2 rings (SSSR count). The molecule has 1 aromatic heterocycles. The molecule has 110 valence electrons. The molecule has 0 unspecified atom stereocenters. The van der Waals surface area contributed by atoms with Crippen molar-refractivity contribution in [3.05, 3.63) is 47.9 Å². The second kappa shape index (κ2) is 5.46. The average molecular weight is 311 g/mol. The molecule has 9 heteroatoms. The largest absolute Gasteiger partial charge is 0.439 e. The number of halogens is 1. The molecule has 0 spiro atoms. The van der Waals surface area contributed by atoms with Crippen molar-refractivity contribution in [2.75, 3.05) is 0 Å². The standard InChI is InChI=1S/C12H10FN3O4S/c13-10-5-7(1-3-9(10)12(14)17)20-11-4-2-8(6-16-11)21(15,18)19/h1-6H,(H2,14,17)(H2,15,18,19). The van der Waals surface area contributed by atoms with E-state index in [1.807, 2.05) is 0 Å². The quantitative estimate of drug-likeness (QED) is 0.862. The van der Waals surface area contributed by atoms with Crippen LogP contribution in [0.1, 0.15) is 10.4 Å². The Balaban J connectivity index is 2.23. The summed E-state index contributed by atoms with van der Waals surface area (Å²) in [6.45, 7) is 0. The Kier molecular flexibility index (Phi) is 3.87.